The molecular weight excluding hydrogens is 280 g/mol. The molecule has 0 spiro atoms. The minimum absolute atomic E-state index is 0.0117. The van der Waals surface area contributed by atoms with Crippen LogP contribution in [0.3, 0.4) is 0 Å². The summed E-state index contributed by atoms with van der Waals surface area (Å²) in [4.78, 5) is 22.8. The molecule has 0 radical (unpaired) electrons. The molecule has 1 aromatic heterocycles. The fourth-order valence-corrected chi connectivity index (χ4v) is 2.98. The molecule has 0 aliphatic carbocycles. The second-order valence-electron chi connectivity index (χ2n) is 5.05. The predicted octanol–water partition coefficient (Wildman–Crippen LogP) is 0.215. The number of aryl methyl sites for hydroxylation is 1. The van der Waals surface area contributed by atoms with Gasteiger partial charge in [0.25, 0.3) is 5.56 Å². The monoisotopic (exact) mass is 300 g/mol. The van der Waals surface area contributed by atoms with Gasteiger partial charge in [-0.2, -0.15) is 0 Å². The summed E-state index contributed by atoms with van der Waals surface area (Å²) in [5, 5.41) is 2.64. The Bertz CT molecular complexity index is 632. The van der Waals surface area contributed by atoms with Gasteiger partial charge >= 0.3 is 0 Å². The van der Waals surface area contributed by atoms with Gasteiger partial charge in [-0.05, 0) is 25.5 Å². The van der Waals surface area contributed by atoms with E-state index in [1.165, 1.54) is 16.8 Å². The summed E-state index contributed by atoms with van der Waals surface area (Å²) < 4.78 is 25.2. The molecule has 0 unspecified atom stereocenters. The Balaban J connectivity index is 2.63. The summed E-state index contributed by atoms with van der Waals surface area (Å²) >= 11 is 0. The van der Waals surface area contributed by atoms with Gasteiger partial charge < -0.3 is 9.88 Å². The standard InChI is InChI=1S/C13H20N2O4S/c1-10(2)14-12(16)5-7-20(18,19)9-11-4-6-15(3)13(17)8-11/h4,6,8,10H,5,7,9H2,1-3H3,(H,14,16). The number of nitrogens with zero attached hydrogens (tertiary/aromatic N) is 1. The minimum atomic E-state index is -3.40. The number of nitrogens with one attached hydrogen (secondary N) is 1. The van der Waals surface area contributed by atoms with E-state index in [2.05, 4.69) is 5.32 Å². The molecule has 1 heterocycles. The molecule has 1 aromatic rings. The normalized spacial score (nSPS) is 11.6. The summed E-state index contributed by atoms with van der Waals surface area (Å²) in [6.45, 7) is 3.62. The van der Waals surface area contributed by atoms with Gasteiger partial charge in [-0.25, -0.2) is 8.42 Å². The van der Waals surface area contributed by atoms with E-state index in [1.807, 2.05) is 13.8 Å². The highest BCUT2D eigenvalue weighted by atomic mass is 32.2. The van der Waals surface area contributed by atoms with Crippen LogP contribution in [0.15, 0.2) is 23.1 Å². The van der Waals surface area contributed by atoms with Crippen LogP contribution in [0, 0.1) is 0 Å². The average molecular weight is 300 g/mol. The van der Waals surface area contributed by atoms with Crippen LogP contribution in [0.4, 0.5) is 0 Å². The second-order valence-corrected chi connectivity index (χ2v) is 7.23. The third kappa shape index (κ3) is 5.56. The van der Waals surface area contributed by atoms with Crippen LogP contribution in [-0.2, 0) is 27.4 Å². The number of amides is 1. The van der Waals surface area contributed by atoms with E-state index in [0.717, 1.165) is 0 Å². The van der Waals surface area contributed by atoms with Gasteiger partial charge in [0.15, 0.2) is 9.84 Å². The number of aromatic nitrogens is 1. The molecule has 0 fully saturated rings. The zero-order chi connectivity index (χ0) is 15.3. The molecule has 6 nitrogen and oxygen atoms in total. The number of sulfone groups is 1. The minimum Gasteiger partial charge on any atom is -0.354 e. The third-order valence-electron chi connectivity index (χ3n) is 2.65. The lowest BCUT2D eigenvalue weighted by molar-refractivity contribution is -0.121. The van der Waals surface area contributed by atoms with E-state index in [-0.39, 0.29) is 35.4 Å². The quantitative estimate of drug-likeness (QED) is 0.814. The number of rotatable bonds is 6. The van der Waals surface area contributed by atoms with E-state index in [9.17, 15) is 18.0 Å². The van der Waals surface area contributed by atoms with Crippen molar-refractivity contribution in [2.75, 3.05) is 5.75 Å². The van der Waals surface area contributed by atoms with Crippen molar-refractivity contribution in [2.24, 2.45) is 7.05 Å². The van der Waals surface area contributed by atoms with Gasteiger partial charge in [0.05, 0.1) is 11.5 Å². The number of hydrogen-bond acceptors (Lipinski definition) is 4. The van der Waals surface area contributed by atoms with Crippen LogP contribution in [0.5, 0.6) is 0 Å². The lowest BCUT2D eigenvalue weighted by Crippen LogP contribution is -2.31. The molecular formula is C13H20N2O4S. The predicted molar refractivity (Wildman–Crippen MR) is 77.1 cm³/mol. The summed E-state index contributed by atoms with van der Waals surface area (Å²) in [7, 11) is -1.81. The first-order valence-electron chi connectivity index (χ1n) is 6.35. The Morgan fingerprint density at radius 3 is 2.60 bits per heavy atom. The molecule has 20 heavy (non-hydrogen) atoms. The summed E-state index contributed by atoms with van der Waals surface area (Å²) in [6, 6.07) is 2.88. The first kappa shape index (κ1) is 16.4. The molecule has 0 saturated heterocycles. The van der Waals surface area contributed by atoms with Crippen molar-refractivity contribution in [3.05, 3.63) is 34.2 Å². The maximum atomic E-state index is 11.9. The Morgan fingerprint density at radius 2 is 2.05 bits per heavy atom. The number of carbonyl (C=O) groups is 1. The molecule has 0 aliphatic heterocycles. The molecule has 0 atom stereocenters. The molecule has 0 saturated carbocycles. The van der Waals surface area contributed by atoms with E-state index in [4.69, 9.17) is 0 Å². The molecule has 1 rings (SSSR count). The van der Waals surface area contributed by atoms with Crippen molar-refractivity contribution < 1.29 is 13.2 Å². The zero-order valence-corrected chi connectivity index (χ0v) is 12.7. The molecule has 0 bridgehead atoms. The lowest BCUT2D eigenvalue weighted by atomic mass is 10.3. The Morgan fingerprint density at radius 1 is 1.40 bits per heavy atom. The smallest absolute Gasteiger partial charge is 0.250 e. The van der Waals surface area contributed by atoms with Crippen molar-refractivity contribution in [1.29, 1.82) is 0 Å². The average Bonchev–Trinajstić information content (AvgIpc) is 2.30. The van der Waals surface area contributed by atoms with E-state index in [1.54, 1.807) is 13.1 Å². The lowest BCUT2D eigenvalue weighted by Gasteiger charge is -2.08. The highest BCUT2D eigenvalue weighted by molar-refractivity contribution is 7.90. The van der Waals surface area contributed by atoms with Crippen molar-refractivity contribution >= 4 is 15.7 Å². The van der Waals surface area contributed by atoms with E-state index in [0.29, 0.717) is 5.56 Å². The fourth-order valence-electron chi connectivity index (χ4n) is 1.65. The van der Waals surface area contributed by atoms with E-state index < -0.39 is 9.84 Å². The van der Waals surface area contributed by atoms with Crippen LogP contribution < -0.4 is 10.9 Å². The van der Waals surface area contributed by atoms with Gasteiger partial charge in [-0.15, -0.1) is 0 Å². The molecule has 1 amide bonds. The maximum Gasteiger partial charge on any atom is 0.250 e. The van der Waals surface area contributed by atoms with Crippen molar-refractivity contribution in [1.82, 2.24) is 9.88 Å². The topological polar surface area (TPSA) is 85.2 Å². The summed E-state index contributed by atoms with van der Waals surface area (Å²) in [5.41, 5.74) is 0.188. The fraction of sp³-hybridized carbons (Fsp3) is 0.538. The molecule has 7 heteroatoms. The summed E-state index contributed by atoms with van der Waals surface area (Å²) in [5.74, 6) is -0.730. The molecule has 0 aliphatic rings. The first-order chi connectivity index (χ1) is 9.19. The van der Waals surface area contributed by atoms with Gasteiger partial charge in [-0.3, -0.25) is 9.59 Å². The Labute approximate surface area is 118 Å². The molecule has 1 N–H and O–H groups in total. The Hall–Kier alpha value is -1.63. The van der Waals surface area contributed by atoms with Gasteiger partial charge in [-0.1, -0.05) is 0 Å². The molecule has 0 aromatic carbocycles. The van der Waals surface area contributed by atoms with Crippen LogP contribution in [0.1, 0.15) is 25.8 Å². The number of hydrogen-bond donors (Lipinski definition) is 1. The van der Waals surface area contributed by atoms with Crippen LogP contribution in [-0.4, -0.2) is 30.7 Å². The SMILES string of the molecule is CC(C)NC(=O)CCS(=O)(=O)Cc1ccn(C)c(=O)c1. The van der Waals surface area contributed by atoms with Crippen LogP contribution in [0.25, 0.3) is 0 Å². The van der Waals surface area contributed by atoms with Crippen molar-refractivity contribution in [3.8, 4) is 0 Å². The van der Waals surface area contributed by atoms with E-state index >= 15 is 0 Å². The maximum absolute atomic E-state index is 11.9. The van der Waals surface area contributed by atoms with Gasteiger partial charge in [0.2, 0.25) is 5.91 Å². The number of pyridine rings is 1. The van der Waals surface area contributed by atoms with Crippen LogP contribution >= 0.6 is 0 Å². The highest BCUT2D eigenvalue weighted by Crippen LogP contribution is 2.05. The van der Waals surface area contributed by atoms with Crippen LogP contribution in [0.2, 0.25) is 0 Å². The zero-order valence-electron chi connectivity index (χ0n) is 11.9. The van der Waals surface area contributed by atoms with Crippen molar-refractivity contribution in [3.63, 3.8) is 0 Å². The van der Waals surface area contributed by atoms with Crippen molar-refractivity contribution in [2.45, 2.75) is 32.1 Å². The Kier molecular flexibility index (Phi) is 5.50. The largest absolute Gasteiger partial charge is 0.354 e. The number of carbonyl (C=O) groups excluding carboxylic acids is 1. The van der Waals surface area contributed by atoms with Gasteiger partial charge in [0, 0.05) is 31.8 Å². The molecule has 112 valence electrons. The second kappa shape index (κ2) is 6.69. The first-order valence-corrected chi connectivity index (χ1v) is 8.17. The summed E-state index contributed by atoms with van der Waals surface area (Å²) in [6.07, 6.45) is 1.46. The highest BCUT2D eigenvalue weighted by Gasteiger charge is 2.15. The third-order valence-corrected chi connectivity index (χ3v) is 4.24. The van der Waals surface area contributed by atoms with Gasteiger partial charge in [0.1, 0.15) is 0 Å².